The van der Waals surface area contributed by atoms with Gasteiger partial charge < -0.3 is 14.2 Å². The third-order valence-corrected chi connectivity index (χ3v) is 8.05. The minimum Gasteiger partial charge on any atom is -0.462 e. The second kappa shape index (κ2) is 37.2. The summed E-state index contributed by atoms with van der Waals surface area (Å²) in [6.45, 7) is 6.35. The zero-order chi connectivity index (χ0) is 35.2. The van der Waals surface area contributed by atoms with Crippen LogP contribution < -0.4 is 0 Å². The van der Waals surface area contributed by atoms with Crippen LogP contribution in [0.15, 0.2) is 48.6 Å². The maximum Gasteiger partial charge on any atom is 0.306 e. The van der Waals surface area contributed by atoms with Crippen molar-refractivity contribution in [3.63, 3.8) is 0 Å². The summed E-state index contributed by atoms with van der Waals surface area (Å²) in [4.78, 5) is 37.3. The van der Waals surface area contributed by atoms with Crippen molar-refractivity contribution in [2.75, 3.05) is 13.2 Å². The van der Waals surface area contributed by atoms with Gasteiger partial charge in [0, 0.05) is 19.3 Å². The molecule has 0 amide bonds. The standard InChI is InChI=1S/C42H72O6/c1-4-7-10-13-16-18-20-21-22-24-26-29-32-35-41(44)47-38-39(37-46-40(43)34-31-28-25-15-12-9-6-3)48-42(45)36-33-30-27-23-19-17-14-11-8-5-2/h7,10-11,14,16,18,21-22,39H,4-6,8-9,12-13,15,17,19-20,23-38H2,1-3H3/b10-7-,14-11-,18-16-,22-21-. The lowest BCUT2D eigenvalue weighted by atomic mass is 10.1. The Hall–Kier alpha value is -2.63. The zero-order valence-corrected chi connectivity index (χ0v) is 31.2. The number of carbonyl (C=O) groups is 3. The number of unbranched alkanes of at least 4 members (excludes halogenated alkanes) is 15. The van der Waals surface area contributed by atoms with Crippen molar-refractivity contribution in [1.29, 1.82) is 0 Å². The molecule has 0 N–H and O–H groups in total. The highest BCUT2D eigenvalue weighted by Gasteiger charge is 2.19. The summed E-state index contributed by atoms with van der Waals surface area (Å²) in [7, 11) is 0. The van der Waals surface area contributed by atoms with Crippen molar-refractivity contribution in [2.45, 2.75) is 187 Å². The van der Waals surface area contributed by atoms with E-state index in [1.165, 1.54) is 38.5 Å². The van der Waals surface area contributed by atoms with E-state index in [1.807, 2.05) is 0 Å². The Morgan fingerprint density at radius 1 is 0.438 bits per heavy atom. The van der Waals surface area contributed by atoms with Gasteiger partial charge in [0.15, 0.2) is 6.10 Å². The Morgan fingerprint density at radius 3 is 1.40 bits per heavy atom. The van der Waals surface area contributed by atoms with E-state index in [1.54, 1.807) is 0 Å². The van der Waals surface area contributed by atoms with Crippen LogP contribution in [0.5, 0.6) is 0 Å². The molecule has 0 rings (SSSR count). The highest BCUT2D eigenvalue weighted by Crippen LogP contribution is 2.12. The number of rotatable bonds is 34. The molecule has 276 valence electrons. The normalized spacial score (nSPS) is 12.5. The molecule has 0 aliphatic carbocycles. The minimum absolute atomic E-state index is 0.0864. The third kappa shape index (κ3) is 34.7. The van der Waals surface area contributed by atoms with Crippen LogP contribution in [0.4, 0.5) is 0 Å². The number of carbonyl (C=O) groups excluding carboxylic acids is 3. The van der Waals surface area contributed by atoms with Crippen LogP contribution in [-0.2, 0) is 28.6 Å². The van der Waals surface area contributed by atoms with Crippen molar-refractivity contribution >= 4 is 17.9 Å². The van der Waals surface area contributed by atoms with Crippen LogP contribution in [-0.4, -0.2) is 37.2 Å². The molecule has 0 radical (unpaired) electrons. The van der Waals surface area contributed by atoms with E-state index >= 15 is 0 Å². The predicted octanol–water partition coefficient (Wildman–Crippen LogP) is 12.0. The molecule has 0 aromatic carbocycles. The highest BCUT2D eigenvalue weighted by atomic mass is 16.6. The van der Waals surface area contributed by atoms with Crippen molar-refractivity contribution in [2.24, 2.45) is 0 Å². The molecule has 6 nitrogen and oxygen atoms in total. The molecule has 0 saturated carbocycles. The smallest absolute Gasteiger partial charge is 0.306 e. The first-order valence-electron chi connectivity index (χ1n) is 19.6. The third-order valence-electron chi connectivity index (χ3n) is 8.05. The van der Waals surface area contributed by atoms with Gasteiger partial charge in [0.05, 0.1) is 0 Å². The lowest BCUT2D eigenvalue weighted by Gasteiger charge is -2.18. The van der Waals surface area contributed by atoms with Crippen molar-refractivity contribution in [3.8, 4) is 0 Å². The molecule has 1 atom stereocenters. The summed E-state index contributed by atoms with van der Waals surface area (Å²) in [5, 5.41) is 0. The van der Waals surface area contributed by atoms with Gasteiger partial charge in [0.25, 0.3) is 0 Å². The van der Waals surface area contributed by atoms with E-state index in [9.17, 15) is 14.4 Å². The van der Waals surface area contributed by atoms with Crippen LogP contribution >= 0.6 is 0 Å². The predicted molar refractivity (Wildman–Crippen MR) is 201 cm³/mol. The maximum absolute atomic E-state index is 12.6. The van der Waals surface area contributed by atoms with Crippen LogP contribution in [0.1, 0.15) is 181 Å². The number of ether oxygens (including phenoxy) is 3. The van der Waals surface area contributed by atoms with E-state index in [0.29, 0.717) is 19.3 Å². The topological polar surface area (TPSA) is 78.9 Å². The summed E-state index contributed by atoms with van der Waals surface area (Å²) in [6.07, 6.45) is 41.1. The molecule has 0 saturated heterocycles. The quantitative estimate of drug-likeness (QED) is 0.0293. The Balaban J connectivity index is 4.41. The molecule has 0 bridgehead atoms. The van der Waals surface area contributed by atoms with E-state index in [-0.39, 0.29) is 31.1 Å². The minimum atomic E-state index is -0.781. The Labute approximate surface area is 295 Å². The Morgan fingerprint density at radius 2 is 0.854 bits per heavy atom. The van der Waals surface area contributed by atoms with E-state index in [2.05, 4.69) is 69.4 Å². The summed E-state index contributed by atoms with van der Waals surface area (Å²) in [5.41, 5.74) is 0. The second-order valence-electron chi connectivity index (χ2n) is 12.8. The lowest BCUT2D eigenvalue weighted by molar-refractivity contribution is -0.167. The second-order valence-corrected chi connectivity index (χ2v) is 12.8. The molecule has 0 aromatic heterocycles. The average molecular weight is 673 g/mol. The Bertz CT molecular complexity index is 871. The van der Waals surface area contributed by atoms with Gasteiger partial charge in [-0.1, -0.05) is 140 Å². The van der Waals surface area contributed by atoms with Gasteiger partial charge in [0.1, 0.15) is 13.2 Å². The first-order valence-corrected chi connectivity index (χ1v) is 19.6. The fourth-order valence-electron chi connectivity index (χ4n) is 5.10. The molecule has 48 heavy (non-hydrogen) atoms. The van der Waals surface area contributed by atoms with E-state index in [0.717, 1.165) is 103 Å². The van der Waals surface area contributed by atoms with Crippen molar-refractivity contribution in [3.05, 3.63) is 48.6 Å². The zero-order valence-electron chi connectivity index (χ0n) is 31.2. The molecule has 0 aliphatic heterocycles. The van der Waals surface area contributed by atoms with E-state index < -0.39 is 6.10 Å². The maximum atomic E-state index is 12.6. The van der Waals surface area contributed by atoms with Gasteiger partial charge in [-0.2, -0.15) is 0 Å². The summed E-state index contributed by atoms with van der Waals surface area (Å²) in [6, 6.07) is 0. The molecule has 0 heterocycles. The first kappa shape index (κ1) is 45.4. The van der Waals surface area contributed by atoms with Gasteiger partial charge >= 0.3 is 17.9 Å². The molecular formula is C42H72O6. The Kier molecular flexibility index (Phi) is 35.2. The monoisotopic (exact) mass is 673 g/mol. The van der Waals surface area contributed by atoms with E-state index in [4.69, 9.17) is 14.2 Å². The molecule has 1 unspecified atom stereocenters. The van der Waals surface area contributed by atoms with Gasteiger partial charge in [-0.3, -0.25) is 14.4 Å². The number of hydrogen-bond acceptors (Lipinski definition) is 6. The molecular weight excluding hydrogens is 600 g/mol. The summed E-state index contributed by atoms with van der Waals surface area (Å²) >= 11 is 0. The largest absolute Gasteiger partial charge is 0.462 e. The van der Waals surface area contributed by atoms with Crippen LogP contribution in [0, 0.1) is 0 Å². The fraction of sp³-hybridized carbons (Fsp3) is 0.738. The van der Waals surface area contributed by atoms with Gasteiger partial charge in [-0.15, -0.1) is 0 Å². The first-order chi connectivity index (χ1) is 23.5. The molecule has 0 aromatic rings. The van der Waals surface area contributed by atoms with Crippen molar-refractivity contribution in [1.82, 2.24) is 0 Å². The van der Waals surface area contributed by atoms with Crippen LogP contribution in [0.3, 0.4) is 0 Å². The fourth-order valence-corrected chi connectivity index (χ4v) is 5.10. The summed E-state index contributed by atoms with van der Waals surface area (Å²) in [5.74, 6) is -0.944. The summed E-state index contributed by atoms with van der Waals surface area (Å²) < 4.78 is 16.5. The molecule has 0 aliphatic rings. The molecule has 6 heteroatoms. The average Bonchev–Trinajstić information content (AvgIpc) is 3.08. The molecule has 0 fully saturated rings. The van der Waals surface area contributed by atoms with Crippen molar-refractivity contribution < 1.29 is 28.6 Å². The van der Waals surface area contributed by atoms with Crippen LogP contribution in [0.2, 0.25) is 0 Å². The van der Waals surface area contributed by atoms with Gasteiger partial charge in [0.2, 0.25) is 0 Å². The van der Waals surface area contributed by atoms with Gasteiger partial charge in [-0.05, 0) is 70.6 Å². The number of hydrogen-bond donors (Lipinski definition) is 0. The van der Waals surface area contributed by atoms with Gasteiger partial charge in [-0.25, -0.2) is 0 Å². The molecule has 0 spiro atoms. The van der Waals surface area contributed by atoms with Crippen LogP contribution in [0.25, 0.3) is 0 Å². The lowest BCUT2D eigenvalue weighted by Crippen LogP contribution is -2.30. The SMILES string of the molecule is CC/C=C\C/C=C\C/C=C\CCCCCC(=O)OCC(COC(=O)CCCCCCCCC)OC(=O)CCCCCCC/C=C\CCC. The number of allylic oxidation sites excluding steroid dienone is 8. The number of esters is 3. The highest BCUT2D eigenvalue weighted by molar-refractivity contribution is 5.71.